The molecule has 3 heterocycles. The third kappa shape index (κ3) is 2.02. The van der Waals surface area contributed by atoms with Crippen molar-refractivity contribution < 1.29 is 0 Å². The lowest BCUT2D eigenvalue weighted by Crippen LogP contribution is -1.95. The first-order valence-electron chi connectivity index (χ1n) is 5.84. The van der Waals surface area contributed by atoms with Crippen LogP contribution in [0, 0.1) is 20.8 Å². The van der Waals surface area contributed by atoms with Gasteiger partial charge in [0.15, 0.2) is 0 Å². The Hall–Kier alpha value is -1.39. The second-order valence-corrected chi connectivity index (χ2v) is 6.74. The summed E-state index contributed by atoms with van der Waals surface area (Å²) in [7, 11) is 0. The summed E-state index contributed by atoms with van der Waals surface area (Å²) < 4.78 is 2.02. The molecule has 18 heavy (non-hydrogen) atoms. The minimum absolute atomic E-state index is 1.06. The summed E-state index contributed by atoms with van der Waals surface area (Å²) in [5.74, 6) is 0. The zero-order valence-corrected chi connectivity index (χ0v) is 12.2. The smallest absolute Gasteiger partial charge is 0.118 e. The van der Waals surface area contributed by atoms with Crippen LogP contribution in [0.5, 0.6) is 0 Å². The van der Waals surface area contributed by atoms with Gasteiger partial charge in [0.05, 0.1) is 5.69 Å². The minimum atomic E-state index is 1.06. The number of thiophene rings is 2. The van der Waals surface area contributed by atoms with E-state index in [2.05, 4.69) is 49.3 Å². The maximum absolute atomic E-state index is 4.52. The van der Waals surface area contributed by atoms with E-state index in [0.29, 0.717) is 0 Å². The van der Waals surface area contributed by atoms with E-state index in [4.69, 9.17) is 0 Å². The summed E-state index contributed by atoms with van der Waals surface area (Å²) in [6.45, 7) is 6.26. The van der Waals surface area contributed by atoms with Gasteiger partial charge in [-0.25, -0.2) is 4.68 Å². The molecule has 0 unspecified atom stereocenters. The van der Waals surface area contributed by atoms with Crippen LogP contribution in [0.3, 0.4) is 0 Å². The lowest BCUT2D eigenvalue weighted by Gasteiger charge is -1.98. The molecular formula is C14H14N2S2. The number of rotatable bonds is 2. The van der Waals surface area contributed by atoms with Crippen LogP contribution in [0.1, 0.15) is 16.3 Å². The van der Waals surface area contributed by atoms with Crippen molar-refractivity contribution in [2.24, 2.45) is 0 Å². The average Bonchev–Trinajstić information content (AvgIpc) is 2.98. The van der Waals surface area contributed by atoms with Crippen molar-refractivity contribution in [3.8, 4) is 14.8 Å². The normalized spacial score (nSPS) is 11.1. The molecule has 3 aromatic rings. The van der Waals surface area contributed by atoms with Crippen LogP contribution in [-0.4, -0.2) is 9.78 Å². The molecule has 0 aromatic carbocycles. The van der Waals surface area contributed by atoms with Crippen LogP contribution < -0.4 is 0 Å². The molecule has 3 aromatic heterocycles. The van der Waals surface area contributed by atoms with Gasteiger partial charge < -0.3 is 0 Å². The molecule has 0 saturated heterocycles. The van der Waals surface area contributed by atoms with Gasteiger partial charge >= 0.3 is 0 Å². The highest BCUT2D eigenvalue weighted by Gasteiger charge is 2.09. The van der Waals surface area contributed by atoms with Crippen molar-refractivity contribution in [1.82, 2.24) is 9.78 Å². The van der Waals surface area contributed by atoms with Gasteiger partial charge in [-0.05, 0) is 51.1 Å². The zero-order chi connectivity index (χ0) is 12.7. The molecular weight excluding hydrogens is 260 g/mol. The highest BCUT2D eigenvalue weighted by molar-refractivity contribution is 7.23. The minimum Gasteiger partial charge on any atom is -0.228 e. The van der Waals surface area contributed by atoms with E-state index in [9.17, 15) is 0 Å². The maximum Gasteiger partial charge on any atom is 0.118 e. The Bertz CT molecular complexity index is 688. The lowest BCUT2D eigenvalue weighted by molar-refractivity contribution is 0.848. The van der Waals surface area contributed by atoms with Crippen LogP contribution in [0.15, 0.2) is 30.3 Å². The van der Waals surface area contributed by atoms with Crippen molar-refractivity contribution in [3.05, 3.63) is 46.6 Å². The fourth-order valence-corrected chi connectivity index (χ4v) is 3.97. The Morgan fingerprint density at radius 3 is 2.28 bits per heavy atom. The third-order valence-electron chi connectivity index (χ3n) is 2.79. The van der Waals surface area contributed by atoms with Gasteiger partial charge in [-0.15, -0.1) is 22.7 Å². The Morgan fingerprint density at radius 2 is 1.67 bits per heavy atom. The van der Waals surface area contributed by atoms with E-state index in [1.165, 1.54) is 25.3 Å². The molecule has 0 aliphatic heterocycles. The topological polar surface area (TPSA) is 17.8 Å². The maximum atomic E-state index is 4.52. The van der Waals surface area contributed by atoms with Gasteiger partial charge in [-0.3, -0.25) is 0 Å². The van der Waals surface area contributed by atoms with Crippen molar-refractivity contribution >= 4 is 22.7 Å². The SMILES string of the molecule is Cc1cc(C)n(-c2ccc(-c3ccc(C)s3)s2)n1. The molecule has 4 heteroatoms. The Kier molecular flexibility index (Phi) is 2.84. The van der Waals surface area contributed by atoms with Gasteiger partial charge in [0, 0.05) is 20.3 Å². The quantitative estimate of drug-likeness (QED) is 0.668. The zero-order valence-electron chi connectivity index (χ0n) is 10.6. The molecule has 3 rings (SSSR count). The first kappa shape index (κ1) is 11.7. The highest BCUT2D eigenvalue weighted by atomic mass is 32.1. The van der Waals surface area contributed by atoms with Crippen LogP contribution in [0.4, 0.5) is 0 Å². The molecule has 0 fully saturated rings. The molecule has 0 saturated carbocycles. The summed E-state index contributed by atoms with van der Waals surface area (Å²) >= 11 is 3.63. The van der Waals surface area contributed by atoms with Crippen molar-refractivity contribution in [1.29, 1.82) is 0 Å². The molecule has 0 atom stereocenters. The van der Waals surface area contributed by atoms with Crippen LogP contribution >= 0.6 is 22.7 Å². The van der Waals surface area contributed by atoms with Crippen LogP contribution in [0.25, 0.3) is 14.8 Å². The third-order valence-corrected chi connectivity index (χ3v) is 5.05. The molecule has 2 nitrogen and oxygen atoms in total. The Balaban J connectivity index is 2.01. The molecule has 0 radical (unpaired) electrons. The van der Waals surface area contributed by atoms with E-state index in [1.807, 2.05) is 22.9 Å². The van der Waals surface area contributed by atoms with E-state index in [0.717, 1.165) is 5.69 Å². The second kappa shape index (κ2) is 4.37. The van der Waals surface area contributed by atoms with Gasteiger partial charge in [-0.1, -0.05) is 0 Å². The number of hydrogen-bond donors (Lipinski definition) is 0. The predicted molar refractivity (Wildman–Crippen MR) is 79.0 cm³/mol. The summed E-state index contributed by atoms with van der Waals surface area (Å²) in [6, 6.07) is 10.8. The van der Waals surface area contributed by atoms with E-state index in [1.54, 1.807) is 11.3 Å². The predicted octanol–water partition coefficient (Wildman–Crippen LogP) is 4.59. The van der Waals surface area contributed by atoms with Gasteiger partial charge in [0.2, 0.25) is 0 Å². The molecule has 0 spiro atoms. The number of aryl methyl sites for hydroxylation is 3. The summed E-state index contributed by atoms with van der Waals surface area (Å²) in [5.41, 5.74) is 2.25. The Labute approximate surface area is 115 Å². The van der Waals surface area contributed by atoms with Crippen LogP contribution in [0.2, 0.25) is 0 Å². The lowest BCUT2D eigenvalue weighted by atomic mass is 10.4. The van der Waals surface area contributed by atoms with E-state index < -0.39 is 0 Å². The summed E-state index contributed by atoms with van der Waals surface area (Å²) in [6.07, 6.45) is 0. The van der Waals surface area contributed by atoms with Crippen molar-refractivity contribution in [2.45, 2.75) is 20.8 Å². The van der Waals surface area contributed by atoms with Crippen molar-refractivity contribution in [3.63, 3.8) is 0 Å². The standard InChI is InChI=1S/C14H14N2S2/c1-9-8-10(2)16(15-9)14-7-6-13(18-14)12-5-4-11(3)17-12/h4-8H,1-3H3. The first-order valence-corrected chi connectivity index (χ1v) is 7.47. The number of nitrogens with zero attached hydrogens (tertiary/aromatic N) is 2. The van der Waals surface area contributed by atoms with Gasteiger partial charge in [-0.2, -0.15) is 5.10 Å². The molecule has 0 amide bonds. The number of aromatic nitrogens is 2. The molecule has 0 bridgehead atoms. The molecule has 0 N–H and O–H groups in total. The molecule has 92 valence electrons. The fourth-order valence-electron chi connectivity index (χ4n) is 1.99. The average molecular weight is 274 g/mol. The molecule has 0 aliphatic carbocycles. The second-order valence-electron chi connectivity index (χ2n) is 4.39. The summed E-state index contributed by atoms with van der Waals surface area (Å²) in [4.78, 5) is 4.01. The van der Waals surface area contributed by atoms with Crippen LogP contribution in [-0.2, 0) is 0 Å². The van der Waals surface area contributed by atoms with Gasteiger partial charge in [0.25, 0.3) is 0 Å². The van der Waals surface area contributed by atoms with Crippen molar-refractivity contribution in [2.75, 3.05) is 0 Å². The Morgan fingerprint density at radius 1 is 0.944 bits per heavy atom. The van der Waals surface area contributed by atoms with E-state index in [-0.39, 0.29) is 0 Å². The van der Waals surface area contributed by atoms with E-state index >= 15 is 0 Å². The molecule has 0 aliphatic rings. The van der Waals surface area contributed by atoms with Gasteiger partial charge in [0.1, 0.15) is 5.00 Å². The highest BCUT2D eigenvalue weighted by Crippen LogP contribution is 2.34. The first-order chi connectivity index (χ1) is 8.63. The monoisotopic (exact) mass is 274 g/mol. The summed E-state index contributed by atoms with van der Waals surface area (Å²) in [5, 5.41) is 5.71. The fraction of sp³-hybridized carbons (Fsp3) is 0.214. The largest absolute Gasteiger partial charge is 0.228 e. The number of hydrogen-bond acceptors (Lipinski definition) is 3.